The van der Waals surface area contributed by atoms with Gasteiger partial charge in [0.2, 0.25) is 0 Å². The summed E-state index contributed by atoms with van der Waals surface area (Å²) in [5.41, 5.74) is 10.2. The van der Waals surface area contributed by atoms with Crippen LogP contribution in [-0.2, 0) is 0 Å². The largest absolute Gasteiger partial charge is 0.497 e. The molecule has 7 rings (SSSR count). The molecule has 0 fully saturated rings. The molecule has 0 aliphatic carbocycles. The van der Waals surface area contributed by atoms with Gasteiger partial charge in [-0.05, 0) is 84.0 Å². The second-order valence-electron chi connectivity index (χ2n) is 9.18. The number of thiophene rings is 1. The van der Waals surface area contributed by atoms with Gasteiger partial charge in [0.05, 0.1) is 29.9 Å². The summed E-state index contributed by atoms with van der Waals surface area (Å²) in [4.78, 5) is 13.5. The average molecular weight is 510 g/mol. The van der Waals surface area contributed by atoms with Gasteiger partial charge in [-0.3, -0.25) is 0 Å². The summed E-state index contributed by atoms with van der Waals surface area (Å²) in [6, 6.07) is 31.4. The van der Waals surface area contributed by atoms with Gasteiger partial charge < -0.3 is 9.72 Å². The fraction of sp³-hybridized carbons (Fsp3) is 0.0303. The van der Waals surface area contributed by atoms with E-state index < -0.39 is 0 Å². The summed E-state index contributed by atoms with van der Waals surface area (Å²) in [5.74, 6) is 0.830. The van der Waals surface area contributed by atoms with Crippen molar-refractivity contribution in [2.24, 2.45) is 0 Å². The molecular formula is C33H23N3OS. The van der Waals surface area contributed by atoms with Crippen LogP contribution in [0.2, 0.25) is 0 Å². The molecule has 0 saturated carbocycles. The zero-order chi connectivity index (χ0) is 25.5. The Morgan fingerprint density at radius 1 is 0.605 bits per heavy atom. The van der Waals surface area contributed by atoms with E-state index in [1.807, 2.05) is 18.2 Å². The van der Waals surface area contributed by atoms with Gasteiger partial charge in [-0.1, -0.05) is 42.5 Å². The number of methoxy groups -OCH3 is 1. The minimum absolute atomic E-state index is 0.830. The molecule has 1 N–H and O–H groups in total. The van der Waals surface area contributed by atoms with Crippen molar-refractivity contribution in [3.05, 3.63) is 114 Å². The molecule has 182 valence electrons. The Balaban J connectivity index is 1.61. The number of fused-ring (bicyclic) bond motifs is 8. The molecular weight excluding hydrogens is 486 g/mol. The van der Waals surface area contributed by atoms with Crippen LogP contribution in [0.4, 0.5) is 0 Å². The first-order valence-electron chi connectivity index (χ1n) is 12.4. The lowest BCUT2D eigenvalue weighted by Gasteiger charge is -2.06. The Morgan fingerprint density at radius 2 is 1.16 bits per heavy atom. The normalized spacial score (nSPS) is 12.1. The molecule has 2 aliphatic heterocycles. The van der Waals surface area contributed by atoms with Crippen LogP contribution in [0.5, 0.6) is 5.75 Å². The summed E-state index contributed by atoms with van der Waals surface area (Å²) in [6.07, 6.45) is 8.36. The van der Waals surface area contributed by atoms with E-state index in [2.05, 4.69) is 102 Å². The first kappa shape index (κ1) is 22.5. The second kappa shape index (κ2) is 9.29. The number of aromatic amines is 1. The Bertz CT molecular complexity index is 1890. The van der Waals surface area contributed by atoms with E-state index in [0.29, 0.717) is 0 Å². The highest BCUT2D eigenvalue weighted by atomic mass is 32.1. The van der Waals surface area contributed by atoms with Gasteiger partial charge >= 0.3 is 0 Å². The molecule has 2 aromatic carbocycles. The number of nitrogens with zero attached hydrogens (tertiary/aromatic N) is 2. The fourth-order valence-electron chi connectivity index (χ4n) is 4.91. The first-order valence-corrected chi connectivity index (χ1v) is 13.3. The van der Waals surface area contributed by atoms with Crippen LogP contribution in [-0.4, -0.2) is 22.1 Å². The van der Waals surface area contributed by atoms with Crippen molar-refractivity contribution >= 4 is 56.1 Å². The number of ether oxygens (including phenoxy) is 1. The van der Waals surface area contributed by atoms with Crippen molar-refractivity contribution in [3.8, 4) is 28.0 Å². The van der Waals surface area contributed by atoms with Gasteiger partial charge in [-0.15, -0.1) is 11.3 Å². The maximum atomic E-state index is 5.42. The highest BCUT2D eigenvalue weighted by molar-refractivity contribution is 7.24. The van der Waals surface area contributed by atoms with Crippen molar-refractivity contribution in [1.29, 1.82) is 0 Å². The predicted molar refractivity (Wildman–Crippen MR) is 160 cm³/mol. The lowest BCUT2D eigenvalue weighted by molar-refractivity contribution is 0.415. The highest BCUT2D eigenvalue weighted by Gasteiger charge is 2.14. The molecule has 3 aromatic heterocycles. The molecule has 0 radical (unpaired) electrons. The van der Waals surface area contributed by atoms with Gasteiger partial charge in [-0.2, -0.15) is 0 Å². The third-order valence-electron chi connectivity index (χ3n) is 6.71. The number of rotatable bonds is 3. The van der Waals surface area contributed by atoms with Gasteiger partial charge in [0.1, 0.15) is 5.75 Å². The van der Waals surface area contributed by atoms with Crippen molar-refractivity contribution in [2.75, 3.05) is 7.11 Å². The van der Waals surface area contributed by atoms with E-state index in [1.165, 1.54) is 0 Å². The minimum Gasteiger partial charge on any atom is -0.497 e. The number of hydrogen-bond donors (Lipinski definition) is 1. The molecule has 38 heavy (non-hydrogen) atoms. The third-order valence-corrected chi connectivity index (χ3v) is 7.83. The van der Waals surface area contributed by atoms with Crippen molar-refractivity contribution < 1.29 is 4.74 Å². The quantitative estimate of drug-likeness (QED) is 0.259. The van der Waals surface area contributed by atoms with E-state index >= 15 is 0 Å². The average Bonchev–Trinajstić information content (AvgIpc) is 3.76. The van der Waals surface area contributed by atoms with Gasteiger partial charge in [0, 0.05) is 31.6 Å². The van der Waals surface area contributed by atoms with E-state index in [4.69, 9.17) is 14.7 Å². The molecule has 8 bridgehead atoms. The lowest BCUT2D eigenvalue weighted by Crippen LogP contribution is -1.85. The molecule has 0 spiro atoms. The van der Waals surface area contributed by atoms with Crippen molar-refractivity contribution in [1.82, 2.24) is 15.0 Å². The summed E-state index contributed by atoms with van der Waals surface area (Å²) in [5, 5.41) is 0. The molecule has 5 heteroatoms. The van der Waals surface area contributed by atoms with Crippen LogP contribution in [0.15, 0.2) is 91.0 Å². The summed E-state index contributed by atoms with van der Waals surface area (Å²) in [6.45, 7) is 0. The van der Waals surface area contributed by atoms with Crippen molar-refractivity contribution in [2.45, 2.75) is 0 Å². The first-order chi connectivity index (χ1) is 18.7. The monoisotopic (exact) mass is 509 g/mol. The third kappa shape index (κ3) is 4.13. The predicted octanol–water partition coefficient (Wildman–Crippen LogP) is 8.73. The van der Waals surface area contributed by atoms with Crippen LogP contribution in [0.25, 0.3) is 67.0 Å². The van der Waals surface area contributed by atoms with E-state index in [-0.39, 0.29) is 0 Å². The number of nitrogens with one attached hydrogen (secondary N) is 1. The molecule has 2 aliphatic rings. The Labute approximate surface area is 224 Å². The number of hydrogen-bond acceptors (Lipinski definition) is 4. The second-order valence-corrected chi connectivity index (χ2v) is 10.3. The van der Waals surface area contributed by atoms with E-state index in [0.717, 1.165) is 71.2 Å². The molecule has 5 aromatic rings. The Hall–Kier alpha value is -4.74. The van der Waals surface area contributed by atoms with Crippen molar-refractivity contribution in [3.63, 3.8) is 0 Å². The van der Waals surface area contributed by atoms with Gasteiger partial charge in [0.25, 0.3) is 0 Å². The van der Waals surface area contributed by atoms with Gasteiger partial charge in [0.15, 0.2) is 0 Å². The molecule has 4 nitrogen and oxygen atoms in total. The highest BCUT2D eigenvalue weighted by Crippen LogP contribution is 2.39. The van der Waals surface area contributed by atoms with Gasteiger partial charge in [-0.25, -0.2) is 9.97 Å². The van der Waals surface area contributed by atoms with Crippen LogP contribution >= 0.6 is 11.3 Å². The number of aromatic nitrogens is 3. The SMILES string of the molecule is COc1ccc(-c2c3nc(cc4ccc(cc5nc(c(-c6ccccc6)c6ccc2s6)C=C5)[nH]4)C=C3)cc1. The standard InChI is InChI=1S/C33H23N3OS/c1-37-27-13-7-22(8-14-27)33-29-16-12-26(36-29)20-24-10-9-23(34-24)19-25-11-15-28(35-25)32(21-5-3-2-4-6-21)30-17-18-31(33)38-30/h2-20,34H,1H3. The number of H-pyrrole nitrogens is 1. The van der Waals surface area contributed by atoms with E-state index in [1.54, 1.807) is 18.4 Å². The van der Waals surface area contributed by atoms with Crippen LogP contribution < -0.4 is 4.74 Å². The fourth-order valence-corrected chi connectivity index (χ4v) is 6.07. The van der Waals surface area contributed by atoms with Crippen LogP contribution in [0.1, 0.15) is 22.8 Å². The molecule has 0 unspecified atom stereocenters. The summed E-state index contributed by atoms with van der Waals surface area (Å²) < 4.78 is 7.73. The maximum absolute atomic E-state index is 5.42. The van der Waals surface area contributed by atoms with E-state index in [9.17, 15) is 0 Å². The topological polar surface area (TPSA) is 50.8 Å². The zero-order valence-electron chi connectivity index (χ0n) is 20.7. The number of benzene rings is 2. The van der Waals surface area contributed by atoms with Crippen LogP contribution in [0, 0.1) is 0 Å². The van der Waals surface area contributed by atoms with Crippen LogP contribution in [0.3, 0.4) is 0 Å². The Kier molecular flexibility index (Phi) is 5.49. The molecule has 0 amide bonds. The zero-order valence-corrected chi connectivity index (χ0v) is 21.5. The summed E-state index contributed by atoms with van der Waals surface area (Å²) in [7, 11) is 1.69. The smallest absolute Gasteiger partial charge is 0.118 e. The molecule has 0 saturated heterocycles. The minimum atomic E-state index is 0.830. The molecule has 5 heterocycles. The lowest BCUT2D eigenvalue weighted by atomic mass is 10.0. The molecule has 0 atom stereocenters. The Morgan fingerprint density at radius 3 is 1.71 bits per heavy atom. The summed E-state index contributed by atoms with van der Waals surface area (Å²) >= 11 is 1.76. The maximum Gasteiger partial charge on any atom is 0.118 e.